The molecule has 0 aromatic rings. The van der Waals surface area contributed by atoms with Gasteiger partial charge in [-0.15, -0.1) is 0 Å². The maximum absolute atomic E-state index is 12.5. The van der Waals surface area contributed by atoms with Crippen molar-refractivity contribution >= 4 is 24.6 Å². The molecule has 6 heteroatoms. The fourth-order valence-electron chi connectivity index (χ4n) is 1.89. The average molecular weight is 363 g/mol. The standard InChI is InChI=1S/C18H34O5S/c1-6-8-10-21-16(19)12-18(24,15(5)23-13-14(3)4)17(20)22-11-9-7-2/h14-15,24H,6-13H2,1-5H3/t15?,18-/m0/s1. The Morgan fingerprint density at radius 1 is 1.00 bits per heavy atom. The smallest absolute Gasteiger partial charge is 0.325 e. The van der Waals surface area contributed by atoms with Crippen LogP contribution in [0.2, 0.25) is 0 Å². The van der Waals surface area contributed by atoms with Crippen molar-refractivity contribution in [1.82, 2.24) is 0 Å². The predicted molar refractivity (Wildman–Crippen MR) is 98.3 cm³/mol. The number of rotatable bonds is 13. The van der Waals surface area contributed by atoms with E-state index in [2.05, 4.69) is 12.6 Å². The summed E-state index contributed by atoms with van der Waals surface area (Å²) in [4.78, 5) is 24.6. The first kappa shape index (κ1) is 23.2. The van der Waals surface area contributed by atoms with Crippen LogP contribution < -0.4 is 0 Å². The Morgan fingerprint density at radius 3 is 2.04 bits per heavy atom. The summed E-state index contributed by atoms with van der Waals surface area (Å²) in [7, 11) is 0. The fourth-order valence-corrected chi connectivity index (χ4v) is 2.16. The van der Waals surface area contributed by atoms with Gasteiger partial charge >= 0.3 is 11.9 Å². The van der Waals surface area contributed by atoms with Crippen LogP contribution in [0.1, 0.15) is 66.7 Å². The second-order valence-electron chi connectivity index (χ2n) is 6.53. The van der Waals surface area contributed by atoms with Gasteiger partial charge in [-0.1, -0.05) is 40.5 Å². The minimum atomic E-state index is -1.34. The first-order valence-corrected chi connectivity index (χ1v) is 9.39. The molecule has 0 aliphatic carbocycles. The third-order valence-corrected chi connectivity index (χ3v) is 4.32. The summed E-state index contributed by atoms with van der Waals surface area (Å²) < 4.78 is 14.9. The lowest BCUT2D eigenvalue weighted by Crippen LogP contribution is -2.48. The summed E-state index contributed by atoms with van der Waals surface area (Å²) in [6, 6.07) is 0. The molecule has 0 aliphatic heterocycles. The summed E-state index contributed by atoms with van der Waals surface area (Å²) >= 11 is 4.50. The zero-order valence-electron chi connectivity index (χ0n) is 15.8. The van der Waals surface area contributed by atoms with E-state index in [0.717, 1.165) is 25.7 Å². The molecule has 0 aliphatic rings. The van der Waals surface area contributed by atoms with Crippen molar-refractivity contribution in [3.8, 4) is 0 Å². The maximum atomic E-state index is 12.5. The zero-order valence-corrected chi connectivity index (χ0v) is 16.7. The molecule has 0 amide bonds. The molecular formula is C18H34O5S. The van der Waals surface area contributed by atoms with E-state index in [4.69, 9.17) is 14.2 Å². The molecule has 0 aromatic heterocycles. The molecule has 24 heavy (non-hydrogen) atoms. The summed E-state index contributed by atoms with van der Waals surface area (Å²) in [5.74, 6) is -0.661. The molecule has 0 saturated heterocycles. The van der Waals surface area contributed by atoms with Gasteiger partial charge in [-0.25, -0.2) is 0 Å². The lowest BCUT2D eigenvalue weighted by atomic mass is 9.98. The van der Waals surface area contributed by atoms with Crippen molar-refractivity contribution in [2.45, 2.75) is 77.6 Å². The monoisotopic (exact) mass is 362 g/mol. The Balaban J connectivity index is 4.90. The van der Waals surface area contributed by atoms with Crippen molar-refractivity contribution in [1.29, 1.82) is 0 Å². The highest BCUT2D eigenvalue weighted by Gasteiger charge is 2.45. The zero-order chi connectivity index (χ0) is 18.6. The van der Waals surface area contributed by atoms with Crippen molar-refractivity contribution in [2.75, 3.05) is 19.8 Å². The minimum absolute atomic E-state index is 0.163. The number of hydrogen-bond donors (Lipinski definition) is 1. The number of thiol groups is 1. The van der Waals surface area contributed by atoms with Crippen LogP contribution in [-0.2, 0) is 23.8 Å². The molecule has 1 unspecified atom stereocenters. The normalized spacial score (nSPS) is 15.0. The summed E-state index contributed by atoms with van der Waals surface area (Å²) in [6.45, 7) is 11.0. The second-order valence-corrected chi connectivity index (χ2v) is 7.33. The Bertz CT molecular complexity index is 372. The molecule has 0 aromatic carbocycles. The lowest BCUT2D eigenvalue weighted by Gasteiger charge is -2.32. The highest BCUT2D eigenvalue weighted by molar-refractivity contribution is 7.82. The van der Waals surface area contributed by atoms with E-state index in [1.807, 2.05) is 27.7 Å². The molecule has 0 rings (SSSR count). The highest BCUT2D eigenvalue weighted by Crippen LogP contribution is 2.29. The molecule has 0 N–H and O–H groups in total. The van der Waals surface area contributed by atoms with Crippen molar-refractivity contribution < 1.29 is 23.8 Å². The maximum Gasteiger partial charge on any atom is 0.325 e. The van der Waals surface area contributed by atoms with Gasteiger partial charge in [0.05, 0.1) is 25.7 Å². The van der Waals surface area contributed by atoms with Crippen LogP contribution >= 0.6 is 12.6 Å². The van der Waals surface area contributed by atoms with E-state index in [9.17, 15) is 9.59 Å². The number of carbonyl (C=O) groups is 2. The molecule has 0 spiro atoms. The lowest BCUT2D eigenvalue weighted by molar-refractivity contribution is -0.158. The van der Waals surface area contributed by atoms with Gasteiger partial charge in [-0.05, 0) is 25.7 Å². The summed E-state index contributed by atoms with van der Waals surface area (Å²) in [5, 5.41) is 0. The SMILES string of the molecule is CCCCOC(=O)C[C@@](S)(C(=O)OCCCC)C(C)OCC(C)C. The molecule has 0 fully saturated rings. The van der Waals surface area contributed by atoms with E-state index >= 15 is 0 Å². The topological polar surface area (TPSA) is 61.8 Å². The number of carbonyl (C=O) groups excluding carboxylic acids is 2. The molecule has 0 heterocycles. The molecule has 0 radical (unpaired) electrons. The van der Waals surface area contributed by atoms with E-state index < -0.39 is 22.8 Å². The quantitative estimate of drug-likeness (QED) is 0.307. The Labute approximate surface area is 152 Å². The molecule has 0 bridgehead atoms. The predicted octanol–water partition coefficient (Wildman–Crippen LogP) is 3.79. The number of unbranched alkanes of at least 4 members (excludes halogenated alkanes) is 2. The summed E-state index contributed by atoms with van der Waals surface area (Å²) in [6.07, 6.45) is 2.71. The van der Waals surface area contributed by atoms with Gasteiger partial charge in [0.2, 0.25) is 0 Å². The van der Waals surface area contributed by atoms with Gasteiger partial charge in [0.25, 0.3) is 0 Å². The Morgan fingerprint density at radius 2 is 1.54 bits per heavy atom. The van der Waals surface area contributed by atoms with E-state index in [1.54, 1.807) is 6.92 Å². The van der Waals surface area contributed by atoms with Crippen LogP contribution in [0.25, 0.3) is 0 Å². The van der Waals surface area contributed by atoms with Crippen LogP contribution in [-0.4, -0.2) is 42.6 Å². The first-order chi connectivity index (χ1) is 11.3. The van der Waals surface area contributed by atoms with Gasteiger partial charge in [0.15, 0.2) is 0 Å². The van der Waals surface area contributed by atoms with E-state index in [1.165, 1.54) is 0 Å². The van der Waals surface area contributed by atoms with Crippen molar-refractivity contribution in [3.05, 3.63) is 0 Å². The molecule has 2 atom stereocenters. The van der Waals surface area contributed by atoms with Gasteiger partial charge in [0.1, 0.15) is 4.75 Å². The largest absolute Gasteiger partial charge is 0.466 e. The fraction of sp³-hybridized carbons (Fsp3) is 0.889. The number of ether oxygens (including phenoxy) is 3. The van der Waals surface area contributed by atoms with Gasteiger partial charge in [0, 0.05) is 6.61 Å². The van der Waals surface area contributed by atoms with Gasteiger partial charge in [-0.3, -0.25) is 9.59 Å². The van der Waals surface area contributed by atoms with Crippen LogP contribution in [0.15, 0.2) is 0 Å². The van der Waals surface area contributed by atoms with Crippen LogP contribution in [0.4, 0.5) is 0 Å². The third kappa shape index (κ3) is 8.92. The minimum Gasteiger partial charge on any atom is -0.466 e. The number of esters is 2. The molecule has 142 valence electrons. The Kier molecular flexibility index (Phi) is 12.2. The third-order valence-electron chi connectivity index (χ3n) is 3.61. The molecular weight excluding hydrogens is 328 g/mol. The van der Waals surface area contributed by atoms with Crippen LogP contribution in [0, 0.1) is 5.92 Å². The van der Waals surface area contributed by atoms with Crippen LogP contribution in [0.5, 0.6) is 0 Å². The average Bonchev–Trinajstić information content (AvgIpc) is 2.52. The van der Waals surface area contributed by atoms with Crippen LogP contribution in [0.3, 0.4) is 0 Å². The van der Waals surface area contributed by atoms with Gasteiger partial charge in [-0.2, -0.15) is 12.6 Å². The molecule has 5 nitrogen and oxygen atoms in total. The summed E-state index contributed by atoms with van der Waals surface area (Å²) in [5.41, 5.74) is 0. The highest BCUT2D eigenvalue weighted by atomic mass is 32.1. The van der Waals surface area contributed by atoms with Gasteiger partial charge < -0.3 is 14.2 Å². The van der Waals surface area contributed by atoms with E-state index in [-0.39, 0.29) is 6.42 Å². The van der Waals surface area contributed by atoms with Crippen molar-refractivity contribution in [2.24, 2.45) is 5.92 Å². The van der Waals surface area contributed by atoms with Crippen molar-refractivity contribution in [3.63, 3.8) is 0 Å². The first-order valence-electron chi connectivity index (χ1n) is 8.94. The molecule has 0 saturated carbocycles. The number of hydrogen-bond acceptors (Lipinski definition) is 6. The van der Waals surface area contributed by atoms with E-state index in [0.29, 0.717) is 25.7 Å². The Hall–Kier alpha value is -0.750. The second kappa shape index (κ2) is 12.6.